The molecule has 0 unspecified atom stereocenters. The van der Waals surface area contributed by atoms with Crippen molar-refractivity contribution in [2.24, 2.45) is 0 Å². The predicted octanol–water partition coefficient (Wildman–Crippen LogP) is 0.0189. The van der Waals surface area contributed by atoms with Crippen molar-refractivity contribution < 1.29 is 31.2 Å². The fraction of sp³-hybridized carbons (Fsp3) is 0.875. The number of sulfonamides is 1. The number of nitrogens with one attached hydrogen (secondary N) is 1. The maximum Gasteiger partial charge on any atom is 0.492 e. The van der Waals surface area contributed by atoms with Gasteiger partial charge in [-0.2, -0.15) is 13.2 Å². The van der Waals surface area contributed by atoms with Crippen molar-refractivity contribution in [3.05, 3.63) is 0 Å². The first-order valence-corrected chi connectivity index (χ1v) is 6.88. The summed E-state index contributed by atoms with van der Waals surface area (Å²) in [5.41, 5.74) is 0. The smallest absolute Gasteiger partial charge is 0.345 e. The second-order valence-electron chi connectivity index (χ2n) is 4.09. The Morgan fingerprint density at radius 3 is 2.33 bits per heavy atom. The maximum absolute atomic E-state index is 12.0. The third-order valence-corrected chi connectivity index (χ3v) is 3.38. The van der Waals surface area contributed by atoms with E-state index < -0.39 is 28.2 Å². The summed E-state index contributed by atoms with van der Waals surface area (Å²) in [6.07, 6.45) is -4.29. The molecule has 1 aliphatic heterocycles. The van der Waals surface area contributed by atoms with Gasteiger partial charge in [-0.05, 0) is 17.8 Å². The highest BCUT2D eigenvalue weighted by atomic mass is 32.2. The largest absolute Gasteiger partial charge is 0.492 e. The van der Waals surface area contributed by atoms with Crippen LogP contribution in [0.2, 0.25) is 0 Å². The third-order valence-electron chi connectivity index (χ3n) is 2.36. The van der Waals surface area contributed by atoms with Crippen LogP contribution >= 0.6 is 0 Å². The highest BCUT2D eigenvalue weighted by molar-refractivity contribution is 7.88. The van der Waals surface area contributed by atoms with E-state index >= 15 is 0 Å². The summed E-state index contributed by atoms with van der Waals surface area (Å²) in [6.45, 7) is 1.87. The lowest BCUT2D eigenvalue weighted by molar-refractivity contribution is -0.226. The van der Waals surface area contributed by atoms with Crippen LogP contribution in [0.4, 0.5) is 13.2 Å². The van der Waals surface area contributed by atoms with E-state index in [2.05, 4.69) is 10.2 Å². The van der Waals surface area contributed by atoms with Gasteiger partial charge in [0, 0.05) is 12.6 Å². The monoisotopic (exact) mass is 290 g/mol. The van der Waals surface area contributed by atoms with E-state index in [9.17, 15) is 26.4 Å². The van der Waals surface area contributed by atoms with Gasteiger partial charge in [-0.1, -0.05) is 0 Å². The number of carbonyl (C=O) groups excluding carboxylic acids is 1. The first-order valence-electron chi connectivity index (χ1n) is 5.03. The van der Waals surface area contributed by atoms with E-state index in [1.165, 1.54) is 0 Å². The molecule has 0 spiro atoms. The van der Waals surface area contributed by atoms with Crippen molar-refractivity contribution in [3.8, 4) is 0 Å². The van der Waals surface area contributed by atoms with Crippen LogP contribution in [0.5, 0.6) is 0 Å². The second kappa shape index (κ2) is 5.02. The van der Waals surface area contributed by atoms with E-state index in [1.807, 2.05) is 0 Å². The van der Waals surface area contributed by atoms with E-state index in [4.69, 9.17) is 0 Å². The van der Waals surface area contributed by atoms with Crippen LogP contribution in [0, 0.1) is 0 Å². The number of carbonyl (C=O) groups is 1. The minimum absolute atomic E-state index is 0.0659. The van der Waals surface area contributed by atoms with Gasteiger partial charge in [-0.25, -0.2) is 13.2 Å². The van der Waals surface area contributed by atoms with E-state index in [1.54, 1.807) is 6.92 Å². The number of alkyl halides is 3. The normalized spacial score (nSPS) is 25.4. The molecule has 0 saturated carbocycles. The first kappa shape index (κ1) is 15.2. The Balaban J connectivity index is 2.85. The third kappa shape index (κ3) is 3.82. The van der Waals surface area contributed by atoms with Crippen LogP contribution in [-0.4, -0.2) is 49.9 Å². The number of hydrogen-bond donors (Lipinski definition) is 1. The minimum atomic E-state index is -5.24. The Kier molecular flexibility index (Phi) is 4.23. The number of hydrogen-bond acceptors (Lipinski definition) is 5. The predicted molar refractivity (Wildman–Crippen MR) is 54.7 cm³/mol. The average Bonchev–Trinajstić information content (AvgIpc) is 2.57. The lowest BCUT2D eigenvalue weighted by Gasteiger charge is -2.24. The van der Waals surface area contributed by atoms with E-state index in [-0.39, 0.29) is 23.5 Å². The van der Waals surface area contributed by atoms with Crippen molar-refractivity contribution in [1.82, 2.24) is 9.79 Å². The molecule has 0 aromatic rings. The average molecular weight is 290 g/mol. The number of rotatable bonds is 3. The fourth-order valence-corrected chi connectivity index (χ4v) is 2.52. The van der Waals surface area contributed by atoms with Gasteiger partial charge in [0.1, 0.15) is 0 Å². The van der Waals surface area contributed by atoms with Crippen molar-refractivity contribution in [3.63, 3.8) is 0 Å². The molecule has 0 amide bonds. The van der Waals surface area contributed by atoms with Crippen LogP contribution in [0.15, 0.2) is 0 Å². The zero-order valence-electron chi connectivity index (χ0n) is 9.69. The molecule has 6 nitrogen and oxygen atoms in total. The molecule has 1 rings (SSSR count). The van der Waals surface area contributed by atoms with Gasteiger partial charge in [-0.3, -0.25) is 0 Å². The van der Waals surface area contributed by atoms with Crippen LogP contribution in [-0.2, 0) is 19.7 Å². The molecule has 0 bridgehead atoms. The number of hydroxylamine groups is 1. The quantitative estimate of drug-likeness (QED) is 0.742. The highest BCUT2D eigenvalue weighted by Gasteiger charge is 2.46. The van der Waals surface area contributed by atoms with Gasteiger partial charge >= 0.3 is 12.1 Å². The zero-order valence-corrected chi connectivity index (χ0v) is 10.5. The molecule has 1 saturated heterocycles. The van der Waals surface area contributed by atoms with Gasteiger partial charge in [0.05, 0.1) is 12.3 Å². The van der Waals surface area contributed by atoms with Crippen molar-refractivity contribution in [1.29, 1.82) is 0 Å². The van der Waals surface area contributed by atoms with Crippen LogP contribution in [0.25, 0.3) is 0 Å². The summed E-state index contributed by atoms with van der Waals surface area (Å²) in [7, 11) is -4.08. The number of halogens is 3. The highest BCUT2D eigenvalue weighted by Crippen LogP contribution is 2.22. The lowest BCUT2D eigenvalue weighted by Crippen LogP contribution is -2.45. The molecule has 0 aromatic carbocycles. The molecule has 18 heavy (non-hydrogen) atoms. The molecule has 1 N–H and O–H groups in total. The Morgan fingerprint density at radius 2 is 2.00 bits per heavy atom. The molecule has 10 heteroatoms. The van der Waals surface area contributed by atoms with E-state index in [0.29, 0.717) is 6.26 Å². The molecular weight excluding hydrogens is 277 g/mol. The SMILES string of the molecule is C[C@H]1C[C@H](N(OC(=O)C(F)(F)F)S(C)(=O)=O)CN1. The van der Waals surface area contributed by atoms with Crippen molar-refractivity contribution >= 4 is 16.0 Å². The molecule has 1 aliphatic rings. The summed E-state index contributed by atoms with van der Waals surface area (Å²) >= 11 is 0. The molecular formula is C8H13F3N2O4S. The molecule has 0 aliphatic carbocycles. The summed E-state index contributed by atoms with van der Waals surface area (Å²) in [6, 6.07) is -0.898. The van der Waals surface area contributed by atoms with Gasteiger partial charge in [0.25, 0.3) is 0 Å². The Bertz CT molecular complexity index is 423. The van der Waals surface area contributed by atoms with Crippen LogP contribution < -0.4 is 5.32 Å². The Labute approximate surface area is 102 Å². The van der Waals surface area contributed by atoms with Crippen molar-refractivity contribution in [2.45, 2.75) is 31.6 Å². The topological polar surface area (TPSA) is 75.7 Å². The zero-order chi connectivity index (χ0) is 14.1. The Hall–Kier alpha value is -0.870. The van der Waals surface area contributed by atoms with Gasteiger partial charge in [-0.15, -0.1) is 0 Å². The standard InChI is InChI=1S/C8H13F3N2O4S/c1-5-3-6(4-12-5)13(18(2,15)16)17-7(14)8(9,10)11/h5-6,12H,3-4H2,1-2H3/t5-,6-/m0/s1. The lowest BCUT2D eigenvalue weighted by atomic mass is 10.2. The van der Waals surface area contributed by atoms with E-state index in [0.717, 1.165) is 0 Å². The van der Waals surface area contributed by atoms with Gasteiger partial charge in [0.2, 0.25) is 10.0 Å². The minimum Gasteiger partial charge on any atom is -0.345 e. The molecule has 1 fully saturated rings. The molecule has 0 radical (unpaired) electrons. The summed E-state index contributed by atoms with van der Waals surface area (Å²) < 4.78 is 59.0. The summed E-state index contributed by atoms with van der Waals surface area (Å²) in [5, 5.41) is 2.86. The molecule has 0 aromatic heterocycles. The summed E-state index contributed by atoms with van der Waals surface area (Å²) in [5.74, 6) is -2.55. The van der Waals surface area contributed by atoms with Crippen LogP contribution in [0.3, 0.4) is 0 Å². The Morgan fingerprint density at radius 1 is 1.44 bits per heavy atom. The molecule has 2 atom stereocenters. The van der Waals surface area contributed by atoms with Gasteiger partial charge in [0.15, 0.2) is 0 Å². The number of nitrogens with zero attached hydrogens (tertiary/aromatic N) is 1. The van der Waals surface area contributed by atoms with Gasteiger partial charge < -0.3 is 10.2 Å². The molecule has 106 valence electrons. The second-order valence-corrected chi connectivity index (χ2v) is 5.92. The molecule has 1 heterocycles. The maximum atomic E-state index is 12.0. The summed E-state index contributed by atoms with van der Waals surface area (Å²) in [4.78, 5) is 14.6. The van der Waals surface area contributed by atoms with Crippen LogP contribution in [0.1, 0.15) is 13.3 Å². The fourth-order valence-electron chi connectivity index (χ4n) is 1.62. The first-order chi connectivity index (χ1) is 8.01. The van der Waals surface area contributed by atoms with Crippen molar-refractivity contribution in [2.75, 3.05) is 12.8 Å².